The zero-order valence-corrected chi connectivity index (χ0v) is 15.6. The molecule has 2 N–H and O–H groups in total. The zero-order valence-electron chi connectivity index (χ0n) is 15.6. The van der Waals surface area contributed by atoms with Crippen molar-refractivity contribution in [1.82, 2.24) is 4.90 Å². The topological polar surface area (TPSA) is 44.9 Å². The Hall–Kier alpha value is -2.49. The lowest BCUT2D eigenvalue weighted by atomic mass is 9.62. The van der Waals surface area contributed by atoms with Crippen LogP contribution in [0.1, 0.15) is 38.2 Å². The van der Waals surface area contributed by atoms with Crippen molar-refractivity contribution < 1.29 is 0 Å². The quantitative estimate of drug-likeness (QED) is 0.648. The van der Waals surface area contributed by atoms with Gasteiger partial charge in [-0.05, 0) is 60.9 Å². The van der Waals surface area contributed by atoms with Crippen LogP contribution in [0.2, 0.25) is 0 Å². The molecule has 0 unspecified atom stereocenters. The van der Waals surface area contributed by atoms with Crippen molar-refractivity contribution in [3.63, 3.8) is 0 Å². The maximum atomic E-state index is 5.42. The van der Waals surface area contributed by atoms with Crippen LogP contribution >= 0.6 is 0 Å². The van der Waals surface area contributed by atoms with Gasteiger partial charge in [-0.1, -0.05) is 24.6 Å². The Morgan fingerprint density at radius 3 is 2.77 bits per heavy atom. The van der Waals surface area contributed by atoms with Gasteiger partial charge in [-0.2, -0.15) is 0 Å². The van der Waals surface area contributed by atoms with Gasteiger partial charge in [0.15, 0.2) is 0 Å². The van der Waals surface area contributed by atoms with Crippen LogP contribution in [0.25, 0.3) is 0 Å². The molecule has 136 valence electrons. The highest BCUT2D eigenvalue weighted by atomic mass is 15.2. The number of rotatable bonds is 5. The Morgan fingerprint density at radius 2 is 2.00 bits per heavy atom. The van der Waals surface area contributed by atoms with E-state index in [1.54, 1.807) is 0 Å². The normalized spacial score (nSPS) is 21.3. The second-order valence-corrected chi connectivity index (χ2v) is 7.64. The third-order valence-electron chi connectivity index (χ3n) is 6.00. The molecule has 0 atom stereocenters. The summed E-state index contributed by atoms with van der Waals surface area (Å²) in [5, 5.41) is 0. The van der Waals surface area contributed by atoms with Gasteiger partial charge in [0.25, 0.3) is 0 Å². The van der Waals surface area contributed by atoms with E-state index in [1.165, 1.54) is 48.1 Å². The Labute approximate surface area is 156 Å². The largest absolute Gasteiger partial charge is 0.390 e. The highest BCUT2D eigenvalue weighted by molar-refractivity contribution is 5.55. The Balaban J connectivity index is 1.57. The van der Waals surface area contributed by atoms with Gasteiger partial charge in [-0.15, -0.1) is 0 Å². The summed E-state index contributed by atoms with van der Waals surface area (Å²) in [7, 11) is 0. The van der Waals surface area contributed by atoms with Crippen LogP contribution in [0.5, 0.6) is 0 Å². The number of allylic oxidation sites excluding steroid dienone is 3. The summed E-state index contributed by atoms with van der Waals surface area (Å²) >= 11 is 0. The minimum atomic E-state index is 0.294. The summed E-state index contributed by atoms with van der Waals surface area (Å²) in [5.41, 5.74) is 11.0. The van der Waals surface area contributed by atoms with E-state index in [0.717, 1.165) is 26.1 Å². The average Bonchev–Trinajstić information content (AvgIpc) is 2.63. The predicted octanol–water partition coefficient (Wildman–Crippen LogP) is 3.92. The molecule has 0 radical (unpaired) electrons. The molecule has 0 bridgehead atoms. The predicted molar refractivity (Wildman–Crippen MR) is 109 cm³/mol. The van der Waals surface area contributed by atoms with E-state index in [2.05, 4.69) is 70.5 Å². The molecule has 3 aliphatic rings. The Bertz CT molecular complexity index is 783. The van der Waals surface area contributed by atoms with E-state index >= 15 is 0 Å². The number of nitrogens with zero attached hydrogens (tertiary/aromatic N) is 3. The van der Waals surface area contributed by atoms with Gasteiger partial charge in [0.05, 0.1) is 12.0 Å². The van der Waals surface area contributed by atoms with Gasteiger partial charge >= 0.3 is 0 Å². The third-order valence-corrected chi connectivity index (χ3v) is 6.00. The summed E-state index contributed by atoms with van der Waals surface area (Å²) < 4.78 is 0. The SMILES string of the molecule is CC1=CN2CCN(c3cccc(C4(CCN=CN)CCC4)c3)C=C2C=C1. The van der Waals surface area contributed by atoms with E-state index in [1.807, 2.05) is 0 Å². The van der Waals surface area contributed by atoms with Gasteiger partial charge in [-0.3, -0.25) is 4.99 Å². The zero-order chi connectivity index (χ0) is 18.0. The number of hydrogen-bond donors (Lipinski definition) is 1. The Kier molecular flexibility index (Phi) is 4.58. The molecule has 0 aromatic heterocycles. The smallest absolute Gasteiger partial charge is 0.0797 e. The number of nitrogens with two attached hydrogens (primary N) is 1. The molecule has 4 rings (SSSR count). The second-order valence-electron chi connectivity index (χ2n) is 7.64. The number of aliphatic imine (C=N–C) groups is 1. The van der Waals surface area contributed by atoms with Crippen molar-refractivity contribution in [1.29, 1.82) is 0 Å². The molecule has 4 heteroatoms. The molecule has 2 heterocycles. The molecule has 26 heavy (non-hydrogen) atoms. The fourth-order valence-electron chi connectivity index (χ4n) is 4.28. The van der Waals surface area contributed by atoms with Crippen molar-refractivity contribution in [3.05, 3.63) is 65.7 Å². The van der Waals surface area contributed by atoms with Crippen LogP contribution in [0.15, 0.2) is 65.1 Å². The number of benzene rings is 1. The number of fused-ring (bicyclic) bond motifs is 1. The van der Waals surface area contributed by atoms with Crippen LogP contribution in [-0.4, -0.2) is 30.9 Å². The van der Waals surface area contributed by atoms with E-state index in [0.29, 0.717) is 5.41 Å². The summed E-state index contributed by atoms with van der Waals surface area (Å²) in [4.78, 5) is 8.97. The minimum absolute atomic E-state index is 0.294. The fourth-order valence-corrected chi connectivity index (χ4v) is 4.28. The molecule has 1 aromatic carbocycles. The standard InChI is InChI=1S/C22H28N4/c1-18-6-7-21-16-26(13-12-25(21)15-18)20-5-2-4-19(14-20)22(8-3-9-22)10-11-24-17-23/h2,4-7,14-17H,3,8-13H2,1H3,(H2,23,24). The molecular formula is C22H28N4. The molecule has 2 aliphatic heterocycles. The lowest BCUT2D eigenvalue weighted by molar-refractivity contribution is 0.230. The molecule has 0 saturated heterocycles. The van der Waals surface area contributed by atoms with Crippen LogP contribution in [0.4, 0.5) is 5.69 Å². The van der Waals surface area contributed by atoms with Crippen LogP contribution in [-0.2, 0) is 5.41 Å². The van der Waals surface area contributed by atoms with Crippen molar-refractivity contribution >= 4 is 12.0 Å². The molecular weight excluding hydrogens is 320 g/mol. The van der Waals surface area contributed by atoms with Crippen LogP contribution in [0, 0.1) is 0 Å². The van der Waals surface area contributed by atoms with Crippen molar-refractivity contribution in [2.45, 2.75) is 38.0 Å². The Morgan fingerprint density at radius 1 is 1.15 bits per heavy atom. The molecule has 0 amide bonds. The fraction of sp³-hybridized carbons (Fsp3) is 0.409. The second kappa shape index (κ2) is 7.02. The van der Waals surface area contributed by atoms with Crippen molar-refractivity contribution in [2.75, 3.05) is 24.5 Å². The minimum Gasteiger partial charge on any atom is -0.390 e. The lowest BCUT2D eigenvalue weighted by Crippen LogP contribution is -2.37. The van der Waals surface area contributed by atoms with Crippen molar-refractivity contribution in [2.24, 2.45) is 10.7 Å². The molecule has 1 saturated carbocycles. The summed E-state index contributed by atoms with van der Waals surface area (Å²) in [6.45, 7) is 5.00. The van der Waals surface area contributed by atoms with Gasteiger partial charge < -0.3 is 15.5 Å². The first-order chi connectivity index (χ1) is 12.7. The average molecular weight is 348 g/mol. The molecule has 4 nitrogen and oxygen atoms in total. The van der Waals surface area contributed by atoms with E-state index in [4.69, 9.17) is 5.73 Å². The van der Waals surface area contributed by atoms with Crippen molar-refractivity contribution in [3.8, 4) is 0 Å². The summed E-state index contributed by atoms with van der Waals surface area (Å²) in [6.07, 6.45) is 15.3. The first-order valence-electron chi connectivity index (χ1n) is 9.62. The van der Waals surface area contributed by atoms with E-state index < -0.39 is 0 Å². The molecule has 1 aliphatic carbocycles. The highest BCUT2D eigenvalue weighted by Crippen LogP contribution is 2.47. The van der Waals surface area contributed by atoms with Gasteiger partial charge in [-0.25, -0.2) is 0 Å². The van der Waals surface area contributed by atoms with Gasteiger partial charge in [0.1, 0.15) is 0 Å². The third kappa shape index (κ3) is 3.16. The summed E-state index contributed by atoms with van der Waals surface area (Å²) in [6, 6.07) is 9.13. The number of hydrogen-bond acceptors (Lipinski definition) is 3. The van der Waals surface area contributed by atoms with Gasteiger partial charge in [0, 0.05) is 37.7 Å². The van der Waals surface area contributed by atoms with Crippen LogP contribution in [0.3, 0.4) is 0 Å². The molecule has 0 spiro atoms. The lowest BCUT2D eigenvalue weighted by Gasteiger charge is -2.43. The molecule has 1 aromatic rings. The highest BCUT2D eigenvalue weighted by Gasteiger charge is 2.38. The van der Waals surface area contributed by atoms with Crippen LogP contribution < -0.4 is 10.6 Å². The maximum Gasteiger partial charge on any atom is 0.0797 e. The van der Waals surface area contributed by atoms with E-state index in [-0.39, 0.29) is 0 Å². The maximum absolute atomic E-state index is 5.42. The van der Waals surface area contributed by atoms with Gasteiger partial charge in [0.2, 0.25) is 0 Å². The monoisotopic (exact) mass is 348 g/mol. The van der Waals surface area contributed by atoms with E-state index in [9.17, 15) is 0 Å². The summed E-state index contributed by atoms with van der Waals surface area (Å²) in [5.74, 6) is 0. The first kappa shape index (κ1) is 17.0. The number of anilines is 1. The molecule has 1 fully saturated rings. The first-order valence-corrected chi connectivity index (χ1v) is 9.62.